The number of fused-ring (bicyclic) bond motifs is 7. The Morgan fingerprint density at radius 3 is 2.68 bits per heavy atom. The number of Topliss-reactive ketones (excluding diaryl/α,β-unsaturated/α-hetero) is 1. The fourth-order valence-electron chi connectivity index (χ4n) is 9.15. The number of carbonyl (C=O) groups excluding carboxylic acids is 3. The van der Waals surface area contributed by atoms with Crippen molar-refractivity contribution < 1.29 is 43.0 Å². The van der Waals surface area contributed by atoms with Crippen molar-refractivity contribution in [3.63, 3.8) is 0 Å². The highest BCUT2D eigenvalue weighted by molar-refractivity contribution is 6.01. The molecule has 4 fully saturated rings. The van der Waals surface area contributed by atoms with Crippen molar-refractivity contribution in [1.82, 2.24) is 5.06 Å². The van der Waals surface area contributed by atoms with Crippen LogP contribution in [0.15, 0.2) is 48.1 Å². The van der Waals surface area contributed by atoms with Gasteiger partial charge in [-0.1, -0.05) is 25.1 Å². The molecule has 0 unspecified atom stereocenters. The number of hydrogen-bond acceptors (Lipinski definition) is 8. The monoisotopic (exact) mass is 571 g/mol. The molecule has 0 amide bonds. The highest BCUT2D eigenvalue weighted by Gasteiger charge is 2.79. The van der Waals surface area contributed by atoms with E-state index in [0.29, 0.717) is 12.0 Å². The van der Waals surface area contributed by atoms with Crippen LogP contribution in [0.2, 0.25) is 0 Å². The molecular formula is C31H35F2NO7. The number of ether oxygens (including phenoxy) is 1. The van der Waals surface area contributed by atoms with E-state index in [1.807, 2.05) is 6.07 Å². The molecule has 1 heterocycles. The smallest absolute Gasteiger partial charge is 0.337 e. The van der Waals surface area contributed by atoms with Gasteiger partial charge >= 0.3 is 5.97 Å². The van der Waals surface area contributed by atoms with Gasteiger partial charge in [0.2, 0.25) is 0 Å². The lowest BCUT2D eigenvalue weighted by molar-refractivity contribution is -0.269. The minimum absolute atomic E-state index is 0.0438. The Hall–Kier alpha value is -2.79. The van der Waals surface area contributed by atoms with Crippen molar-refractivity contribution in [2.24, 2.45) is 28.6 Å². The van der Waals surface area contributed by atoms with E-state index in [0.717, 1.165) is 11.6 Å². The van der Waals surface area contributed by atoms with Crippen LogP contribution in [0.5, 0.6) is 0 Å². The van der Waals surface area contributed by atoms with Gasteiger partial charge < -0.3 is 14.9 Å². The number of aliphatic hydroxyl groups is 2. The number of nitrogens with zero attached hydrogens (tertiary/aromatic N) is 1. The molecule has 41 heavy (non-hydrogen) atoms. The van der Waals surface area contributed by atoms with Gasteiger partial charge in [-0.15, -0.1) is 0 Å². The third-order valence-corrected chi connectivity index (χ3v) is 10.9. The molecule has 1 saturated heterocycles. The van der Waals surface area contributed by atoms with Gasteiger partial charge in [0, 0.05) is 35.8 Å². The number of alkyl halides is 2. The largest absolute Gasteiger partial charge is 0.465 e. The summed E-state index contributed by atoms with van der Waals surface area (Å²) in [5.74, 6) is -3.37. The quantitative estimate of drug-likeness (QED) is 0.519. The highest BCUT2D eigenvalue weighted by atomic mass is 19.1. The number of carbonyl (C=O) groups is 3. The maximum atomic E-state index is 17.5. The van der Waals surface area contributed by atoms with Crippen molar-refractivity contribution in [2.45, 2.75) is 63.2 Å². The number of methoxy groups -OCH3 is 1. The van der Waals surface area contributed by atoms with Crippen molar-refractivity contribution in [3.05, 3.63) is 59.2 Å². The Labute approximate surface area is 236 Å². The zero-order valence-corrected chi connectivity index (χ0v) is 23.3. The molecule has 0 spiro atoms. The summed E-state index contributed by atoms with van der Waals surface area (Å²) < 4.78 is 38.0. The summed E-state index contributed by atoms with van der Waals surface area (Å²) in [6.07, 6.45) is 0.590. The molecule has 0 aromatic heterocycles. The molecule has 2 N–H and O–H groups in total. The van der Waals surface area contributed by atoms with Gasteiger partial charge in [0.25, 0.3) is 0 Å². The summed E-state index contributed by atoms with van der Waals surface area (Å²) in [5, 5.41) is 23.3. The third kappa shape index (κ3) is 3.60. The van der Waals surface area contributed by atoms with E-state index in [-0.39, 0.29) is 31.5 Å². The number of hydrogen-bond donors (Lipinski definition) is 2. The molecule has 0 radical (unpaired) electrons. The van der Waals surface area contributed by atoms with Crippen molar-refractivity contribution in [2.75, 3.05) is 20.3 Å². The van der Waals surface area contributed by atoms with Gasteiger partial charge in [-0.05, 0) is 67.5 Å². The Balaban J connectivity index is 1.36. The predicted molar refractivity (Wildman–Crippen MR) is 142 cm³/mol. The van der Waals surface area contributed by atoms with E-state index >= 15 is 8.78 Å². The lowest BCUT2D eigenvalue weighted by Gasteiger charge is -2.63. The highest BCUT2D eigenvalue weighted by Crippen LogP contribution is 2.72. The number of aliphatic hydroxyl groups excluding tert-OH is 2. The first-order chi connectivity index (χ1) is 19.4. The molecule has 3 saturated carbocycles. The summed E-state index contributed by atoms with van der Waals surface area (Å²) in [6, 6.07) is 6.84. The summed E-state index contributed by atoms with van der Waals surface area (Å²) >= 11 is 0. The first-order valence-electron chi connectivity index (χ1n) is 14.1. The van der Waals surface area contributed by atoms with Gasteiger partial charge in [-0.25, -0.2) is 13.6 Å². The molecule has 4 aliphatic carbocycles. The fraction of sp³-hybridized carbons (Fsp3) is 0.581. The first kappa shape index (κ1) is 28.3. The molecule has 0 bridgehead atoms. The molecule has 1 aliphatic heterocycles. The van der Waals surface area contributed by atoms with Gasteiger partial charge in [0.1, 0.15) is 12.8 Å². The number of benzene rings is 1. The Morgan fingerprint density at radius 1 is 1.22 bits per heavy atom. The SMILES string of the molecule is COC(=O)c1cccc(CN2C[C@@H]3C[C@H]4[C@@H]5C[C@H](F)C6=CC(=O)C=C[C@]6(C)[C@@]5(F)[C@@H](O)C[C@]4(C)[C@]3(C(=O)CO)O2)c1. The zero-order valence-electron chi connectivity index (χ0n) is 23.3. The van der Waals surface area contributed by atoms with Crippen molar-refractivity contribution >= 4 is 17.5 Å². The summed E-state index contributed by atoms with van der Waals surface area (Å²) in [6.45, 7) is 3.05. The Kier molecular flexibility index (Phi) is 6.47. The van der Waals surface area contributed by atoms with Crippen molar-refractivity contribution in [3.8, 4) is 0 Å². The minimum atomic E-state index is -2.26. The van der Waals surface area contributed by atoms with E-state index in [1.165, 1.54) is 26.2 Å². The van der Waals surface area contributed by atoms with Gasteiger partial charge in [-0.2, -0.15) is 5.06 Å². The second-order valence-electron chi connectivity index (χ2n) is 12.7. The standard InChI is InChI=1S/C31H35F2NO7/c1-28-8-7-20(36)11-23(28)24(32)12-22-21-10-19-15-34(14-17-5-4-6-18(9-17)27(39)40-3)41-31(19,26(38)16-35)29(21,2)13-25(37)30(22,28)33/h4-9,11,19,21-22,24-25,35,37H,10,12-16H2,1-3H3/t19-,21-,22-,24-,25-,28-,29-,30-,31-/m0/s1. The molecule has 1 aromatic carbocycles. The number of ketones is 2. The van der Waals surface area contributed by atoms with Crippen molar-refractivity contribution in [1.29, 1.82) is 0 Å². The Bertz CT molecular complexity index is 1380. The van der Waals surface area contributed by atoms with Crippen LogP contribution in [0.1, 0.15) is 49.0 Å². The predicted octanol–water partition coefficient (Wildman–Crippen LogP) is 3.07. The van der Waals surface area contributed by atoms with E-state index < -0.39 is 76.3 Å². The number of esters is 1. The number of rotatable bonds is 5. The van der Waals surface area contributed by atoms with Crippen LogP contribution in [0.4, 0.5) is 8.78 Å². The van der Waals surface area contributed by atoms with Gasteiger partial charge in [-0.3, -0.25) is 14.4 Å². The molecule has 6 rings (SSSR count). The van der Waals surface area contributed by atoms with Gasteiger partial charge in [0.15, 0.2) is 22.8 Å². The summed E-state index contributed by atoms with van der Waals surface area (Å²) in [4.78, 5) is 44.2. The topological polar surface area (TPSA) is 113 Å². The second-order valence-corrected chi connectivity index (χ2v) is 12.7. The molecule has 10 heteroatoms. The summed E-state index contributed by atoms with van der Waals surface area (Å²) in [5.41, 5.74) is -5.29. The van der Waals surface area contributed by atoms with Crippen LogP contribution in [0.25, 0.3) is 0 Å². The van der Waals surface area contributed by atoms with Crippen LogP contribution >= 0.6 is 0 Å². The second kappa shape index (κ2) is 9.36. The van der Waals surface area contributed by atoms with E-state index in [4.69, 9.17) is 9.57 Å². The van der Waals surface area contributed by atoms with E-state index in [1.54, 1.807) is 30.2 Å². The Morgan fingerprint density at radius 2 is 1.98 bits per heavy atom. The fourth-order valence-corrected chi connectivity index (χ4v) is 9.15. The minimum Gasteiger partial charge on any atom is -0.465 e. The molecular weight excluding hydrogens is 536 g/mol. The summed E-state index contributed by atoms with van der Waals surface area (Å²) in [7, 11) is 1.30. The van der Waals surface area contributed by atoms with Crippen LogP contribution in [-0.2, 0) is 25.7 Å². The van der Waals surface area contributed by atoms with Crippen LogP contribution < -0.4 is 0 Å². The van der Waals surface area contributed by atoms with Crippen LogP contribution in [0.3, 0.4) is 0 Å². The maximum absolute atomic E-state index is 17.5. The molecule has 8 nitrogen and oxygen atoms in total. The first-order valence-corrected chi connectivity index (χ1v) is 14.1. The van der Waals surface area contributed by atoms with E-state index in [9.17, 15) is 24.6 Å². The molecule has 5 aliphatic rings. The number of halogens is 2. The van der Waals surface area contributed by atoms with E-state index in [2.05, 4.69) is 0 Å². The molecule has 220 valence electrons. The average Bonchev–Trinajstić information content (AvgIpc) is 3.42. The maximum Gasteiger partial charge on any atom is 0.337 e. The third-order valence-electron chi connectivity index (χ3n) is 10.9. The number of allylic oxidation sites excluding steroid dienone is 4. The molecule has 9 atom stereocenters. The lowest BCUT2D eigenvalue weighted by atomic mass is 9.44. The van der Waals surface area contributed by atoms with Crippen LogP contribution in [-0.4, -0.2) is 76.6 Å². The number of hydroxylamine groups is 2. The lowest BCUT2D eigenvalue weighted by Crippen LogP contribution is -2.70. The average molecular weight is 572 g/mol. The normalized spacial score (nSPS) is 43.0. The molecule has 1 aromatic rings. The van der Waals surface area contributed by atoms with Crippen LogP contribution in [0, 0.1) is 28.6 Å². The van der Waals surface area contributed by atoms with Gasteiger partial charge in [0.05, 0.1) is 18.8 Å². The zero-order chi connectivity index (χ0) is 29.5.